The van der Waals surface area contributed by atoms with Crippen LogP contribution in [0.25, 0.3) is 0 Å². The van der Waals surface area contributed by atoms with Crippen molar-refractivity contribution < 1.29 is 9.13 Å². The fourth-order valence-electron chi connectivity index (χ4n) is 2.14. The van der Waals surface area contributed by atoms with Crippen LogP contribution in [-0.4, -0.2) is 6.54 Å². The number of halogens is 1. The average Bonchev–Trinajstić information content (AvgIpc) is 2.49. The predicted molar refractivity (Wildman–Crippen MR) is 84.4 cm³/mol. The maximum atomic E-state index is 13.3. The fourth-order valence-corrected chi connectivity index (χ4v) is 2.14. The molecule has 1 atom stereocenters. The van der Waals surface area contributed by atoms with E-state index in [-0.39, 0.29) is 11.9 Å². The Balaban J connectivity index is 2.15. The summed E-state index contributed by atoms with van der Waals surface area (Å²) in [4.78, 5) is 0. The summed E-state index contributed by atoms with van der Waals surface area (Å²) in [5.74, 6) is 0.998. The quantitative estimate of drug-likeness (QED) is 0.808. The Bertz CT molecular complexity index is 598. The second kappa shape index (κ2) is 7.23. The largest absolute Gasteiger partial charge is 0.457 e. The summed E-state index contributed by atoms with van der Waals surface area (Å²) in [6, 6.07) is 12.8. The molecule has 0 fully saturated rings. The molecule has 2 rings (SSSR count). The van der Waals surface area contributed by atoms with Gasteiger partial charge in [-0.15, -0.1) is 0 Å². The number of ether oxygens (including phenoxy) is 1. The van der Waals surface area contributed by atoms with E-state index in [1.54, 1.807) is 6.07 Å². The SMILES string of the molecule is CCCNC(C)c1cccc(Oc2cc(F)ccc2C)c1. The van der Waals surface area contributed by atoms with Crippen molar-refractivity contribution in [1.82, 2.24) is 5.32 Å². The van der Waals surface area contributed by atoms with E-state index < -0.39 is 0 Å². The number of aryl methyl sites for hydroxylation is 1. The van der Waals surface area contributed by atoms with Crippen LogP contribution in [0.2, 0.25) is 0 Å². The molecule has 0 amide bonds. The van der Waals surface area contributed by atoms with Gasteiger partial charge in [0, 0.05) is 12.1 Å². The van der Waals surface area contributed by atoms with Gasteiger partial charge in [-0.3, -0.25) is 0 Å². The van der Waals surface area contributed by atoms with Gasteiger partial charge in [0.25, 0.3) is 0 Å². The van der Waals surface area contributed by atoms with Crippen LogP contribution >= 0.6 is 0 Å². The van der Waals surface area contributed by atoms with Crippen LogP contribution in [0.3, 0.4) is 0 Å². The van der Waals surface area contributed by atoms with Crippen molar-refractivity contribution in [1.29, 1.82) is 0 Å². The number of nitrogens with one attached hydrogen (secondary N) is 1. The first-order valence-electron chi connectivity index (χ1n) is 7.37. The van der Waals surface area contributed by atoms with Crippen molar-refractivity contribution in [2.75, 3.05) is 6.54 Å². The maximum absolute atomic E-state index is 13.3. The molecule has 3 heteroatoms. The topological polar surface area (TPSA) is 21.3 Å². The van der Waals surface area contributed by atoms with Crippen molar-refractivity contribution >= 4 is 0 Å². The molecule has 0 aliphatic rings. The molecule has 0 bridgehead atoms. The van der Waals surface area contributed by atoms with Crippen LogP contribution in [0.1, 0.15) is 37.4 Å². The Morgan fingerprint density at radius 1 is 1.19 bits per heavy atom. The molecule has 1 N–H and O–H groups in total. The van der Waals surface area contributed by atoms with E-state index in [9.17, 15) is 4.39 Å². The highest BCUT2D eigenvalue weighted by Crippen LogP contribution is 2.27. The zero-order valence-electron chi connectivity index (χ0n) is 12.8. The zero-order chi connectivity index (χ0) is 15.2. The molecule has 0 radical (unpaired) electrons. The molecule has 2 nitrogen and oxygen atoms in total. The molecule has 2 aromatic carbocycles. The van der Waals surface area contributed by atoms with Crippen molar-refractivity contribution in [3.8, 4) is 11.5 Å². The minimum Gasteiger partial charge on any atom is -0.457 e. The van der Waals surface area contributed by atoms with Crippen LogP contribution in [0.15, 0.2) is 42.5 Å². The highest BCUT2D eigenvalue weighted by Gasteiger charge is 2.07. The molecule has 112 valence electrons. The van der Waals surface area contributed by atoms with Crippen LogP contribution in [0, 0.1) is 12.7 Å². The van der Waals surface area contributed by atoms with Gasteiger partial charge in [0.2, 0.25) is 0 Å². The van der Waals surface area contributed by atoms with E-state index in [1.165, 1.54) is 12.1 Å². The van der Waals surface area contributed by atoms with Gasteiger partial charge in [-0.2, -0.15) is 0 Å². The molecule has 0 aromatic heterocycles. The van der Waals surface area contributed by atoms with E-state index >= 15 is 0 Å². The molecule has 1 unspecified atom stereocenters. The Morgan fingerprint density at radius 3 is 2.76 bits per heavy atom. The van der Waals surface area contributed by atoms with Crippen molar-refractivity contribution in [2.24, 2.45) is 0 Å². The fraction of sp³-hybridized carbons (Fsp3) is 0.333. The van der Waals surface area contributed by atoms with Gasteiger partial charge in [-0.1, -0.05) is 25.1 Å². The molecule has 0 spiro atoms. The number of hydrogen-bond acceptors (Lipinski definition) is 2. The normalized spacial score (nSPS) is 12.2. The minimum absolute atomic E-state index is 0.266. The maximum Gasteiger partial charge on any atom is 0.133 e. The summed E-state index contributed by atoms with van der Waals surface area (Å²) in [6.07, 6.45) is 1.10. The molecular formula is C18H22FNO. The van der Waals surface area contributed by atoms with Crippen LogP contribution in [0.4, 0.5) is 4.39 Å². The first-order valence-corrected chi connectivity index (χ1v) is 7.37. The Hall–Kier alpha value is -1.87. The van der Waals surface area contributed by atoms with Crippen LogP contribution < -0.4 is 10.1 Å². The number of benzene rings is 2. The van der Waals surface area contributed by atoms with E-state index in [0.717, 1.165) is 29.8 Å². The summed E-state index contributed by atoms with van der Waals surface area (Å²) in [6.45, 7) is 7.16. The minimum atomic E-state index is -0.287. The monoisotopic (exact) mass is 287 g/mol. The molecule has 0 heterocycles. The standard InChI is InChI=1S/C18H22FNO/c1-4-10-20-14(3)15-6-5-7-17(11-15)21-18-12-16(19)9-8-13(18)2/h5-9,11-12,14,20H,4,10H2,1-3H3. The van der Waals surface area contributed by atoms with Crippen molar-refractivity contribution in [3.05, 3.63) is 59.4 Å². The van der Waals surface area contributed by atoms with Gasteiger partial charge in [-0.25, -0.2) is 4.39 Å². The molecule has 0 saturated carbocycles. The lowest BCUT2D eigenvalue weighted by molar-refractivity contribution is 0.470. The summed E-state index contributed by atoms with van der Waals surface area (Å²) < 4.78 is 19.1. The third kappa shape index (κ3) is 4.30. The lowest BCUT2D eigenvalue weighted by atomic mass is 10.1. The predicted octanol–water partition coefficient (Wildman–Crippen LogP) is 4.99. The third-order valence-electron chi connectivity index (χ3n) is 3.44. The summed E-state index contributed by atoms with van der Waals surface area (Å²) in [5.41, 5.74) is 2.08. The Labute approximate surface area is 126 Å². The van der Waals surface area contributed by atoms with Crippen molar-refractivity contribution in [2.45, 2.75) is 33.2 Å². The van der Waals surface area contributed by atoms with Gasteiger partial charge < -0.3 is 10.1 Å². The average molecular weight is 287 g/mol. The van der Waals surface area contributed by atoms with Crippen LogP contribution in [0.5, 0.6) is 11.5 Å². The molecule has 21 heavy (non-hydrogen) atoms. The number of rotatable bonds is 6. The van der Waals surface area contributed by atoms with Gasteiger partial charge in [0.1, 0.15) is 17.3 Å². The van der Waals surface area contributed by atoms with Gasteiger partial charge >= 0.3 is 0 Å². The lowest BCUT2D eigenvalue weighted by Gasteiger charge is -2.15. The summed E-state index contributed by atoms with van der Waals surface area (Å²) in [7, 11) is 0. The molecule has 0 aliphatic carbocycles. The Kier molecular flexibility index (Phi) is 5.34. The van der Waals surface area contributed by atoms with Gasteiger partial charge in [-0.05, 0) is 56.1 Å². The highest BCUT2D eigenvalue weighted by atomic mass is 19.1. The molecule has 0 saturated heterocycles. The smallest absolute Gasteiger partial charge is 0.133 e. The van der Waals surface area contributed by atoms with E-state index in [0.29, 0.717) is 5.75 Å². The first kappa shape index (κ1) is 15.5. The molecular weight excluding hydrogens is 265 g/mol. The van der Waals surface area contributed by atoms with E-state index in [2.05, 4.69) is 25.2 Å². The second-order valence-corrected chi connectivity index (χ2v) is 5.26. The lowest BCUT2D eigenvalue weighted by Crippen LogP contribution is -2.19. The van der Waals surface area contributed by atoms with Crippen LogP contribution in [-0.2, 0) is 0 Å². The highest BCUT2D eigenvalue weighted by molar-refractivity contribution is 5.39. The first-order chi connectivity index (χ1) is 10.1. The van der Waals surface area contributed by atoms with Gasteiger partial charge in [0.15, 0.2) is 0 Å². The van der Waals surface area contributed by atoms with Gasteiger partial charge in [0.05, 0.1) is 0 Å². The summed E-state index contributed by atoms with van der Waals surface area (Å²) >= 11 is 0. The Morgan fingerprint density at radius 2 is 2.00 bits per heavy atom. The molecule has 2 aromatic rings. The molecule has 0 aliphatic heterocycles. The zero-order valence-corrected chi connectivity index (χ0v) is 12.8. The van der Waals surface area contributed by atoms with E-state index in [1.807, 2.05) is 25.1 Å². The third-order valence-corrected chi connectivity index (χ3v) is 3.44. The number of hydrogen-bond donors (Lipinski definition) is 1. The second-order valence-electron chi connectivity index (χ2n) is 5.26. The van der Waals surface area contributed by atoms with Crippen molar-refractivity contribution in [3.63, 3.8) is 0 Å². The summed E-state index contributed by atoms with van der Waals surface area (Å²) in [5, 5.41) is 3.44. The van der Waals surface area contributed by atoms with E-state index in [4.69, 9.17) is 4.74 Å².